The maximum Gasteiger partial charge on any atom is 0.0794 e. The lowest BCUT2D eigenvalue weighted by Crippen LogP contribution is -2.55. The minimum atomic E-state index is -0.154. The summed E-state index contributed by atoms with van der Waals surface area (Å²) < 4.78 is 0. The van der Waals surface area contributed by atoms with Gasteiger partial charge in [-0.15, -0.1) is 0 Å². The molecule has 0 aromatic carbocycles. The lowest BCUT2D eigenvalue weighted by molar-refractivity contribution is -0.0325. The lowest BCUT2D eigenvalue weighted by atomic mass is 10.1. The van der Waals surface area contributed by atoms with Crippen LogP contribution in [0.3, 0.4) is 0 Å². The van der Waals surface area contributed by atoms with Gasteiger partial charge in [0, 0.05) is 19.1 Å². The first-order chi connectivity index (χ1) is 4.24. The van der Waals surface area contributed by atoms with Crippen molar-refractivity contribution in [3.8, 4) is 0 Å². The predicted molar refractivity (Wildman–Crippen MR) is 34.1 cm³/mol. The molecule has 1 saturated heterocycles. The summed E-state index contributed by atoms with van der Waals surface area (Å²) in [6, 6.07) is 0.216. The van der Waals surface area contributed by atoms with Gasteiger partial charge in [-0.1, -0.05) is 0 Å². The molecule has 0 radical (unpaired) electrons. The van der Waals surface area contributed by atoms with Crippen LogP contribution in [0.15, 0.2) is 0 Å². The van der Waals surface area contributed by atoms with Gasteiger partial charge in [0.15, 0.2) is 0 Å². The zero-order valence-corrected chi connectivity index (χ0v) is 5.62. The van der Waals surface area contributed by atoms with E-state index in [2.05, 4.69) is 0 Å². The third-order valence-electron chi connectivity index (χ3n) is 1.78. The number of nitrogens with zero attached hydrogens (tertiary/aromatic N) is 1. The number of likely N-dealkylation sites (tertiary alicyclic amines) is 1. The molecule has 1 heterocycles. The Morgan fingerprint density at radius 1 is 1.67 bits per heavy atom. The SMILES string of the molecule is CC(CO)N1CC(O)C1. The summed E-state index contributed by atoms with van der Waals surface area (Å²) in [6.07, 6.45) is -0.154. The van der Waals surface area contributed by atoms with E-state index in [0.29, 0.717) is 0 Å². The molecule has 9 heavy (non-hydrogen) atoms. The van der Waals surface area contributed by atoms with Gasteiger partial charge in [0.1, 0.15) is 0 Å². The Bertz CT molecular complexity index is 91.1. The highest BCUT2D eigenvalue weighted by molar-refractivity contribution is 4.82. The molecule has 1 rings (SSSR count). The van der Waals surface area contributed by atoms with Gasteiger partial charge in [-0.05, 0) is 6.92 Å². The highest BCUT2D eigenvalue weighted by Gasteiger charge is 2.27. The van der Waals surface area contributed by atoms with Gasteiger partial charge in [-0.3, -0.25) is 4.90 Å². The van der Waals surface area contributed by atoms with E-state index in [0.717, 1.165) is 13.1 Å². The van der Waals surface area contributed by atoms with Crippen LogP contribution < -0.4 is 0 Å². The number of hydrogen-bond donors (Lipinski definition) is 2. The van der Waals surface area contributed by atoms with Gasteiger partial charge in [0.2, 0.25) is 0 Å². The molecule has 0 aliphatic carbocycles. The Kier molecular flexibility index (Phi) is 2.05. The Morgan fingerprint density at radius 3 is 2.56 bits per heavy atom. The van der Waals surface area contributed by atoms with Gasteiger partial charge in [-0.25, -0.2) is 0 Å². The van der Waals surface area contributed by atoms with Crippen molar-refractivity contribution in [2.45, 2.75) is 19.1 Å². The van der Waals surface area contributed by atoms with E-state index in [1.54, 1.807) is 0 Å². The van der Waals surface area contributed by atoms with Crippen LogP contribution in [0.5, 0.6) is 0 Å². The smallest absolute Gasteiger partial charge is 0.0794 e. The van der Waals surface area contributed by atoms with Crippen LogP contribution in [0.1, 0.15) is 6.92 Å². The molecule has 2 N–H and O–H groups in total. The van der Waals surface area contributed by atoms with Gasteiger partial charge >= 0.3 is 0 Å². The molecular formula is C6H13NO2. The largest absolute Gasteiger partial charge is 0.395 e. The van der Waals surface area contributed by atoms with E-state index in [1.165, 1.54) is 0 Å². The van der Waals surface area contributed by atoms with Crippen LogP contribution in [-0.2, 0) is 0 Å². The predicted octanol–water partition coefficient (Wildman–Crippen LogP) is -0.956. The van der Waals surface area contributed by atoms with Crippen LogP contribution in [0.2, 0.25) is 0 Å². The molecule has 3 heteroatoms. The topological polar surface area (TPSA) is 43.7 Å². The molecule has 0 saturated carbocycles. The minimum absolute atomic E-state index is 0.154. The Hall–Kier alpha value is -0.120. The van der Waals surface area contributed by atoms with E-state index in [4.69, 9.17) is 10.2 Å². The second-order valence-corrected chi connectivity index (χ2v) is 2.64. The number of aliphatic hydroxyl groups excluding tert-OH is 2. The van der Waals surface area contributed by atoms with Crippen LogP contribution in [-0.4, -0.2) is 47.0 Å². The third-order valence-corrected chi connectivity index (χ3v) is 1.78. The molecule has 0 aromatic heterocycles. The summed E-state index contributed by atoms with van der Waals surface area (Å²) in [7, 11) is 0. The fourth-order valence-electron chi connectivity index (χ4n) is 0.963. The number of hydrogen-bond acceptors (Lipinski definition) is 3. The zero-order chi connectivity index (χ0) is 6.85. The summed E-state index contributed by atoms with van der Waals surface area (Å²) in [4.78, 5) is 2.05. The fraction of sp³-hybridized carbons (Fsp3) is 1.00. The van der Waals surface area contributed by atoms with Gasteiger partial charge in [0.25, 0.3) is 0 Å². The molecule has 54 valence electrons. The molecule has 0 aromatic rings. The summed E-state index contributed by atoms with van der Waals surface area (Å²) in [5, 5.41) is 17.5. The molecule has 0 bridgehead atoms. The summed E-state index contributed by atoms with van der Waals surface area (Å²) in [5.74, 6) is 0. The molecule has 1 fully saturated rings. The first-order valence-electron chi connectivity index (χ1n) is 3.27. The maximum atomic E-state index is 8.84. The first kappa shape index (κ1) is 6.99. The first-order valence-corrected chi connectivity index (χ1v) is 3.27. The Balaban J connectivity index is 2.15. The lowest BCUT2D eigenvalue weighted by Gasteiger charge is -2.39. The molecule has 3 nitrogen and oxygen atoms in total. The van der Waals surface area contributed by atoms with E-state index in [-0.39, 0.29) is 18.8 Å². The van der Waals surface area contributed by atoms with Gasteiger partial charge in [0.05, 0.1) is 12.7 Å². The third kappa shape index (κ3) is 1.41. The van der Waals surface area contributed by atoms with E-state index in [9.17, 15) is 0 Å². The van der Waals surface area contributed by atoms with Crippen molar-refractivity contribution in [3.63, 3.8) is 0 Å². The summed E-state index contributed by atoms with van der Waals surface area (Å²) in [6.45, 7) is 3.59. The zero-order valence-electron chi connectivity index (χ0n) is 5.62. The number of β-amino-alcohol motifs (C(OH)–C–C–N with tert-alkyl or cyclic N) is 1. The summed E-state index contributed by atoms with van der Waals surface area (Å²) in [5.41, 5.74) is 0. The number of rotatable bonds is 2. The highest BCUT2D eigenvalue weighted by atomic mass is 16.3. The minimum Gasteiger partial charge on any atom is -0.395 e. The molecule has 1 unspecified atom stereocenters. The molecule has 1 atom stereocenters. The molecule has 1 aliphatic rings. The van der Waals surface area contributed by atoms with Crippen molar-refractivity contribution >= 4 is 0 Å². The highest BCUT2D eigenvalue weighted by Crippen LogP contribution is 2.10. The molecule has 0 spiro atoms. The normalized spacial score (nSPS) is 25.7. The second kappa shape index (κ2) is 2.64. The van der Waals surface area contributed by atoms with Crippen molar-refractivity contribution in [1.82, 2.24) is 4.90 Å². The molecular weight excluding hydrogens is 118 g/mol. The average Bonchev–Trinajstić information content (AvgIpc) is 1.79. The van der Waals surface area contributed by atoms with E-state index < -0.39 is 0 Å². The van der Waals surface area contributed by atoms with E-state index in [1.807, 2.05) is 11.8 Å². The van der Waals surface area contributed by atoms with E-state index >= 15 is 0 Å². The summed E-state index contributed by atoms with van der Waals surface area (Å²) >= 11 is 0. The van der Waals surface area contributed by atoms with Crippen molar-refractivity contribution < 1.29 is 10.2 Å². The Labute approximate surface area is 54.9 Å². The van der Waals surface area contributed by atoms with Crippen molar-refractivity contribution in [3.05, 3.63) is 0 Å². The maximum absolute atomic E-state index is 8.84. The van der Waals surface area contributed by atoms with Crippen LogP contribution in [0.4, 0.5) is 0 Å². The number of aliphatic hydroxyl groups is 2. The standard InChI is InChI=1S/C6H13NO2/c1-5(4-8)7-2-6(9)3-7/h5-6,8-9H,2-4H2,1H3. The van der Waals surface area contributed by atoms with Crippen molar-refractivity contribution in [2.75, 3.05) is 19.7 Å². The van der Waals surface area contributed by atoms with Crippen molar-refractivity contribution in [1.29, 1.82) is 0 Å². The Morgan fingerprint density at radius 2 is 2.22 bits per heavy atom. The van der Waals surface area contributed by atoms with Crippen molar-refractivity contribution in [2.24, 2.45) is 0 Å². The monoisotopic (exact) mass is 131 g/mol. The van der Waals surface area contributed by atoms with Crippen LogP contribution in [0.25, 0.3) is 0 Å². The quantitative estimate of drug-likeness (QED) is 0.507. The second-order valence-electron chi connectivity index (χ2n) is 2.64. The van der Waals surface area contributed by atoms with Gasteiger partial charge < -0.3 is 10.2 Å². The fourth-order valence-corrected chi connectivity index (χ4v) is 0.963. The average molecular weight is 131 g/mol. The van der Waals surface area contributed by atoms with Gasteiger partial charge in [-0.2, -0.15) is 0 Å². The van der Waals surface area contributed by atoms with Crippen LogP contribution in [0, 0.1) is 0 Å². The molecule has 0 amide bonds. The van der Waals surface area contributed by atoms with Crippen LogP contribution >= 0.6 is 0 Å². The molecule has 1 aliphatic heterocycles.